The van der Waals surface area contributed by atoms with Crippen molar-refractivity contribution in [1.82, 2.24) is 15.1 Å². The van der Waals surface area contributed by atoms with Gasteiger partial charge < -0.3 is 26.5 Å². The smallest absolute Gasteiger partial charge is 0.222 e. The summed E-state index contributed by atoms with van der Waals surface area (Å²) in [6.07, 6.45) is 2.55. The van der Waals surface area contributed by atoms with Gasteiger partial charge in [-0.15, -0.1) is 5.10 Å². The Balaban J connectivity index is 2.59. The number of hydrogen-bond acceptors (Lipinski definition) is 9. The second-order valence-corrected chi connectivity index (χ2v) is 7.43. The molecule has 0 spiro atoms. The van der Waals surface area contributed by atoms with Gasteiger partial charge in [-0.2, -0.15) is 0 Å². The second-order valence-electron chi connectivity index (χ2n) is 7.43. The monoisotopic (exact) mass is 427 g/mol. The summed E-state index contributed by atoms with van der Waals surface area (Å²) < 4.78 is 5.82. The molecule has 0 fully saturated rings. The van der Waals surface area contributed by atoms with Crippen LogP contribution in [0.4, 0.5) is 11.4 Å². The van der Waals surface area contributed by atoms with Crippen LogP contribution in [0.5, 0.6) is 5.88 Å². The van der Waals surface area contributed by atoms with Crippen LogP contribution >= 0.6 is 0 Å². The lowest BCUT2D eigenvalue weighted by atomic mass is 10.1. The number of rotatable bonds is 11. The summed E-state index contributed by atoms with van der Waals surface area (Å²) in [5, 5.41) is 20.1. The van der Waals surface area contributed by atoms with Gasteiger partial charge in [0.1, 0.15) is 11.5 Å². The minimum atomic E-state index is 0.134. The lowest BCUT2D eigenvalue weighted by Gasteiger charge is -2.21. The molecule has 10 nitrogen and oxygen atoms in total. The van der Waals surface area contributed by atoms with Crippen LogP contribution < -0.4 is 26.9 Å². The van der Waals surface area contributed by atoms with Crippen LogP contribution in [0.3, 0.4) is 0 Å². The van der Waals surface area contributed by atoms with Crippen molar-refractivity contribution in [2.75, 3.05) is 30.8 Å². The molecule has 10 heteroatoms. The quantitative estimate of drug-likeness (QED) is 0.159. The fourth-order valence-electron chi connectivity index (χ4n) is 2.85. The Morgan fingerprint density at radius 2 is 2.13 bits per heavy atom. The van der Waals surface area contributed by atoms with E-state index in [4.69, 9.17) is 26.7 Å². The van der Waals surface area contributed by atoms with Crippen molar-refractivity contribution in [2.24, 2.45) is 16.7 Å². The third-order valence-electron chi connectivity index (χ3n) is 4.04. The molecule has 168 valence electrons. The first-order chi connectivity index (χ1) is 14.7. The Morgan fingerprint density at radius 1 is 1.39 bits per heavy atom. The van der Waals surface area contributed by atoms with Gasteiger partial charge in [0.2, 0.25) is 5.88 Å². The zero-order valence-corrected chi connectivity index (χ0v) is 18.9. The zero-order chi connectivity index (χ0) is 23.0. The first kappa shape index (κ1) is 23.9. The lowest BCUT2D eigenvalue weighted by Crippen LogP contribution is -2.30. The van der Waals surface area contributed by atoms with Crippen molar-refractivity contribution < 1.29 is 4.74 Å². The summed E-state index contributed by atoms with van der Waals surface area (Å²) in [6.45, 7) is 8.61. The maximum Gasteiger partial charge on any atom is 0.222 e. The third kappa shape index (κ3) is 6.82. The average molecular weight is 428 g/mol. The van der Waals surface area contributed by atoms with Gasteiger partial charge >= 0.3 is 0 Å². The van der Waals surface area contributed by atoms with Crippen LogP contribution in [-0.4, -0.2) is 52.9 Å². The van der Waals surface area contributed by atoms with Crippen molar-refractivity contribution in [3.8, 4) is 17.1 Å². The van der Waals surface area contributed by atoms with Crippen LogP contribution in [0.1, 0.15) is 39.8 Å². The first-order valence-electron chi connectivity index (χ1n) is 10.2. The largest absolute Gasteiger partial charge is 0.477 e. The molecule has 0 aliphatic carbocycles. The summed E-state index contributed by atoms with van der Waals surface area (Å²) in [6, 6.07) is 5.77. The summed E-state index contributed by atoms with van der Waals surface area (Å²) >= 11 is 0. The highest BCUT2D eigenvalue weighted by Crippen LogP contribution is 2.34. The van der Waals surface area contributed by atoms with Gasteiger partial charge in [0.25, 0.3) is 0 Å². The number of nitrogens with two attached hydrogens (primary N) is 2. The van der Waals surface area contributed by atoms with Gasteiger partial charge in [-0.25, -0.2) is 20.9 Å². The van der Waals surface area contributed by atoms with Gasteiger partial charge in [0, 0.05) is 19.3 Å². The van der Waals surface area contributed by atoms with Crippen molar-refractivity contribution in [1.29, 1.82) is 5.41 Å². The minimum absolute atomic E-state index is 0.134. The SMILES string of the molecule is CCCOc1ncccc1-c1cc(NC/C(N)=N/N(C)N)c(NC(C)C)c(C(C)=N)n1. The topological polar surface area (TPSA) is 151 Å². The minimum Gasteiger partial charge on any atom is -0.477 e. The molecule has 0 aliphatic heterocycles. The molecule has 2 aromatic rings. The van der Waals surface area contributed by atoms with E-state index >= 15 is 0 Å². The number of hydrazine groups is 1. The molecule has 0 bridgehead atoms. The molecule has 0 aliphatic rings. The van der Waals surface area contributed by atoms with Gasteiger partial charge in [-0.3, -0.25) is 0 Å². The average Bonchev–Trinajstić information content (AvgIpc) is 2.70. The Hall–Kier alpha value is -3.40. The van der Waals surface area contributed by atoms with Crippen molar-refractivity contribution >= 4 is 22.9 Å². The predicted molar refractivity (Wildman–Crippen MR) is 127 cm³/mol. The standard InChI is InChI=1S/C21H33N9O/c1-6-10-31-21-15(8-7-9-25-21)16-11-17(26-12-18(23)29-30(5)24)20(27-13(2)3)19(28-16)14(4)22/h7-9,11,13,22,27H,6,10,12,24H2,1-5H3,(H2,23,29)(H,26,28). The highest BCUT2D eigenvalue weighted by Gasteiger charge is 2.18. The molecule has 2 aromatic heterocycles. The number of hydrogen-bond donors (Lipinski definition) is 5. The second kappa shape index (κ2) is 11.1. The van der Waals surface area contributed by atoms with E-state index in [0.29, 0.717) is 35.4 Å². The van der Waals surface area contributed by atoms with E-state index in [1.54, 1.807) is 20.2 Å². The number of ether oxygens (including phenoxy) is 1. The van der Waals surface area contributed by atoms with Crippen LogP contribution in [0.2, 0.25) is 0 Å². The van der Waals surface area contributed by atoms with Crippen LogP contribution in [0.15, 0.2) is 29.5 Å². The number of pyridine rings is 2. The molecule has 0 atom stereocenters. The number of anilines is 2. The Kier molecular flexibility index (Phi) is 8.56. The van der Waals surface area contributed by atoms with Crippen LogP contribution in [-0.2, 0) is 0 Å². The molecule has 0 radical (unpaired) electrons. The first-order valence-corrected chi connectivity index (χ1v) is 10.2. The maximum atomic E-state index is 8.30. The molecular weight excluding hydrogens is 394 g/mol. The number of nitrogens with one attached hydrogen (secondary N) is 3. The molecular formula is C21H33N9O. The molecule has 0 aromatic carbocycles. The molecule has 0 amide bonds. The van der Waals surface area contributed by atoms with E-state index in [2.05, 4.69) is 20.7 Å². The summed E-state index contributed by atoms with van der Waals surface area (Å²) in [5.41, 5.74) is 9.68. The predicted octanol–water partition coefficient (Wildman–Crippen LogP) is 2.63. The Morgan fingerprint density at radius 3 is 2.74 bits per heavy atom. The van der Waals surface area contributed by atoms with Gasteiger partial charge in [0.15, 0.2) is 0 Å². The van der Waals surface area contributed by atoms with E-state index in [9.17, 15) is 0 Å². The molecule has 31 heavy (non-hydrogen) atoms. The van der Waals surface area contributed by atoms with Gasteiger partial charge in [-0.1, -0.05) is 6.92 Å². The molecule has 0 saturated carbocycles. The van der Waals surface area contributed by atoms with Crippen molar-refractivity contribution in [2.45, 2.75) is 40.2 Å². The summed E-state index contributed by atoms with van der Waals surface area (Å²) in [4.78, 5) is 9.13. The molecule has 7 N–H and O–H groups in total. The zero-order valence-electron chi connectivity index (χ0n) is 18.9. The van der Waals surface area contributed by atoms with E-state index in [1.165, 1.54) is 0 Å². The molecule has 0 unspecified atom stereocenters. The van der Waals surface area contributed by atoms with Crippen LogP contribution in [0.25, 0.3) is 11.3 Å². The number of amidine groups is 1. The fraction of sp³-hybridized carbons (Fsp3) is 0.429. The number of aromatic nitrogens is 2. The van der Waals surface area contributed by atoms with Gasteiger partial charge in [0.05, 0.1) is 41.5 Å². The number of hydrazone groups is 1. The van der Waals surface area contributed by atoms with E-state index in [-0.39, 0.29) is 12.6 Å². The summed E-state index contributed by atoms with van der Waals surface area (Å²) in [5.74, 6) is 6.37. The molecule has 0 saturated heterocycles. The molecule has 2 rings (SSSR count). The normalized spacial score (nSPS) is 11.4. The lowest BCUT2D eigenvalue weighted by molar-refractivity contribution is 0.306. The Labute approximate surface area is 183 Å². The van der Waals surface area contributed by atoms with Crippen LogP contribution in [0, 0.1) is 5.41 Å². The van der Waals surface area contributed by atoms with Crippen molar-refractivity contribution in [3.63, 3.8) is 0 Å². The molecule has 2 heterocycles. The summed E-state index contributed by atoms with van der Waals surface area (Å²) in [7, 11) is 1.60. The van der Waals surface area contributed by atoms with E-state index < -0.39 is 0 Å². The van der Waals surface area contributed by atoms with Crippen molar-refractivity contribution in [3.05, 3.63) is 30.1 Å². The number of nitrogens with zero attached hydrogens (tertiary/aromatic N) is 4. The van der Waals surface area contributed by atoms with E-state index in [1.807, 2.05) is 39.0 Å². The highest BCUT2D eigenvalue weighted by molar-refractivity contribution is 6.03. The third-order valence-corrected chi connectivity index (χ3v) is 4.04. The van der Waals surface area contributed by atoms with E-state index in [0.717, 1.165) is 28.5 Å². The highest BCUT2D eigenvalue weighted by atomic mass is 16.5. The Bertz CT molecular complexity index is 925. The fourth-order valence-corrected chi connectivity index (χ4v) is 2.85. The van der Waals surface area contributed by atoms with Gasteiger partial charge in [-0.05, 0) is 45.4 Å². The maximum absolute atomic E-state index is 8.30.